The molecule has 0 amide bonds. The number of pyridine rings is 1. The largest absolute Gasteiger partial charge is 0.327 e. The van der Waals surface area contributed by atoms with Crippen LogP contribution >= 0.6 is 0 Å². The van der Waals surface area contributed by atoms with Crippen LogP contribution in [0.5, 0.6) is 0 Å². The zero-order chi connectivity index (χ0) is 11.1. The summed E-state index contributed by atoms with van der Waals surface area (Å²) in [5.74, 6) is 1.66. The molecular formula is C12H16N4. The second-order valence-electron chi connectivity index (χ2n) is 4.44. The standard InChI is InChI=1S/C12H16N4/c1-2-16-10-5-6-14-7-9(10)15-12(16)11(13)8-3-4-8/h5-8,11H,2-4,13H2,1H3. The van der Waals surface area contributed by atoms with Gasteiger partial charge in [-0.05, 0) is 31.7 Å². The van der Waals surface area contributed by atoms with Gasteiger partial charge >= 0.3 is 0 Å². The van der Waals surface area contributed by atoms with Crippen molar-refractivity contribution in [2.24, 2.45) is 11.7 Å². The Morgan fingerprint density at radius 3 is 3.06 bits per heavy atom. The van der Waals surface area contributed by atoms with Crippen LogP contribution in [0.2, 0.25) is 0 Å². The molecule has 0 saturated heterocycles. The lowest BCUT2D eigenvalue weighted by Crippen LogP contribution is -2.18. The molecule has 2 aromatic heterocycles. The van der Waals surface area contributed by atoms with Gasteiger partial charge in [0.2, 0.25) is 0 Å². The SMILES string of the molecule is CCn1c(C(N)C2CC2)nc2cnccc21. The Bertz CT molecular complexity index is 513. The van der Waals surface area contributed by atoms with Crippen molar-refractivity contribution in [1.82, 2.24) is 14.5 Å². The summed E-state index contributed by atoms with van der Waals surface area (Å²) in [6.07, 6.45) is 6.10. The van der Waals surface area contributed by atoms with Crippen LogP contribution in [-0.4, -0.2) is 14.5 Å². The van der Waals surface area contributed by atoms with E-state index in [1.54, 1.807) is 0 Å². The Kier molecular flexibility index (Phi) is 2.17. The van der Waals surface area contributed by atoms with Gasteiger partial charge in [0.05, 0.1) is 17.8 Å². The minimum Gasteiger partial charge on any atom is -0.327 e. The quantitative estimate of drug-likeness (QED) is 0.852. The maximum absolute atomic E-state index is 6.24. The molecular weight excluding hydrogens is 200 g/mol. The number of hydrogen-bond acceptors (Lipinski definition) is 3. The molecule has 84 valence electrons. The van der Waals surface area contributed by atoms with E-state index in [1.165, 1.54) is 12.8 Å². The first-order valence-electron chi connectivity index (χ1n) is 5.87. The predicted molar refractivity (Wildman–Crippen MR) is 62.9 cm³/mol. The molecule has 2 aromatic rings. The van der Waals surface area contributed by atoms with Gasteiger partial charge in [-0.3, -0.25) is 4.98 Å². The Morgan fingerprint density at radius 1 is 1.56 bits per heavy atom. The number of imidazole rings is 1. The van der Waals surface area contributed by atoms with Crippen LogP contribution in [-0.2, 0) is 6.54 Å². The maximum atomic E-state index is 6.24. The molecule has 3 rings (SSSR count). The fourth-order valence-corrected chi connectivity index (χ4v) is 2.25. The van der Waals surface area contributed by atoms with Crippen molar-refractivity contribution in [3.63, 3.8) is 0 Å². The molecule has 2 heterocycles. The summed E-state index contributed by atoms with van der Waals surface area (Å²) in [6, 6.07) is 2.10. The number of aryl methyl sites for hydroxylation is 1. The van der Waals surface area contributed by atoms with Crippen LogP contribution in [0.1, 0.15) is 31.6 Å². The third-order valence-corrected chi connectivity index (χ3v) is 3.32. The highest BCUT2D eigenvalue weighted by atomic mass is 15.1. The van der Waals surface area contributed by atoms with E-state index < -0.39 is 0 Å². The van der Waals surface area contributed by atoms with Crippen molar-refractivity contribution in [1.29, 1.82) is 0 Å². The van der Waals surface area contributed by atoms with Crippen LogP contribution in [0.25, 0.3) is 11.0 Å². The van der Waals surface area contributed by atoms with Gasteiger partial charge in [0.25, 0.3) is 0 Å². The topological polar surface area (TPSA) is 56.7 Å². The van der Waals surface area contributed by atoms with Crippen molar-refractivity contribution >= 4 is 11.0 Å². The number of fused-ring (bicyclic) bond motifs is 1. The van der Waals surface area contributed by atoms with E-state index >= 15 is 0 Å². The lowest BCUT2D eigenvalue weighted by Gasteiger charge is -2.12. The monoisotopic (exact) mass is 216 g/mol. The molecule has 1 saturated carbocycles. The Morgan fingerprint density at radius 2 is 2.38 bits per heavy atom. The first-order chi connectivity index (χ1) is 7.81. The molecule has 0 aliphatic heterocycles. The molecule has 16 heavy (non-hydrogen) atoms. The summed E-state index contributed by atoms with van der Waals surface area (Å²) < 4.78 is 2.21. The molecule has 2 N–H and O–H groups in total. The second kappa shape index (κ2) is 3.56. The van der Waals surface area contributed by atoms with Crippen molar-refractivity contribution in [2.45, 2.75) is 32.4 Å². The van der Waals surface area contributed by atoms with Gasteiger partial charge in [-0.25, -0.2) is 4.98 Å². The van der Waals surface area contributed by atoms with Crippen LogP contribution in [0.15, 0.2) is 18.5 Å². The average molecular weight is 216 g/mol. The van der Waals surface area contributed by atoms with Crippen LogP contribution in [0.4, 0.5) is 0 Å². The van der Waals surface area contributed by atoms with E-state index in [9.17, 15) is 0 Å². The summed E-state index contributed by atoms with van der Waals surface area (Å²) in [5, 5.41) is 0. The van der Waals surface area contributed by atoms with E-state index in [0.717, 1.165) is 23.4 Å². The van der Waals surface area contributed by atoms with E-state index in [4.69, 9.17) is 5.73 Å². The Balaban J connectivity index is 2.15. The fraction of sp³-hybridized carbons (Fsp3) is 0.500. The molecule has 1 atom stereocenters. The predicted octanol–water partition coefficient (Wildman–Crippen LogP) is 1.86. The highest BCUT2D eigenvalue weighted by Crippen LogP contribution is 2.39. The lowest BCUT2D eigenvalue weighted by atomic mass is 10.2. The molecule has 0 aromatic carbocycles. The van der Waals surface area contributed by atoms with Crippen molar-refractivity contribution in [3.05, 3.63) is 24.3 Å². The Hall–Kier alpha value is -1.42. The van der Waals surface area contributed by atoms with E-state index in [-0.39, 0.29) is 6.04 Å². The molecule has 0 bridgehead atoms. The molecule has 0 radical (unpaired) electrons. The third-order valence-electron chi connectivity index (χ3n) is 3.32. The van der Waals surface area contributed by atoms with Gasteiger partial charge in [0.1, 0.15) is 11.3 Å². The molecule has 4 nitrogen and oxygen atoms in total. The van der Waals surface area contributed by atoms with Gasteiger partial charge in [-0.2, -0.15) is 0 Å². The summed E-state index contributed by atoms with van der Waals surface area (Å²) in [6.45, 7) is 3.04. The average Bonchev–Trinajstić information content (AvgIpc) is 3.08. The van der Waals surface area contributed by atoms with E-state index in [2.05, 4.69) is 21.5 Å². The van der Waals surface area contributed by atoms with E-state index in [1.807, 2.05) is 18.5 Å². The number of nitrogens with two attached hydrogens (primary N) is 1. The number of rotatable bonds is 3. The summed E-state index contributed by atoms with van der Waals surface area (Å²) in [5.41, 5.74) is 8.33. The highest BCUT2D eigenvalue weighted by molar-refractivity contribution is 5.74. The molecule has 4 heteroatoms. The normalized spacial score (nSPS) is 17.9. The van der Waals surface area contributed by atoms with Crippen molar-refractivity contribution < 1.29 is 0 Å². The van der Waals surface area contributed by atoms with Crippen molar-refractivity contribution in [2.75, 3.05) is 0 Å². The number of hydrogen-bond donors (Lipinski definition) is 1. The molecule has 1 fully saturated rings. The minimum atomic E-state index is 0.0901. The number of nitrogens with zero attached hydrogens (tertiary/aromatic N) is 3. The summed E-state index contributed by atoms with van der Waals surface area (Å²) >= 11 is 0. The highest BCUT2D eigenvalue weighted by Gasteiger charge is 2.32. The fourth-order valence-electron chi connectivity index (χ4n) is 2.25. The third kappa shape index (κ3) is 1.41. The molecule has 0 spiro atoms. The zero-order valence-corrected chi connectivity index (χ0v) is 9.43. The zero-order valence-electron chi connectivity index (χ0n) is 9.43. The van der Waals surface area contributed by atoms with Crippen molar-refractivity contribution in [3.8, 4) is 0 Å². The maximum Gasteiger partial charge on any atom is 0.127 e. The smallest absolute Gasteiger partial charge is 0.127 e. The summed E-state index contributed by atoms with van der Waals surface area (Å²) in [7, 11) is 0. The molecule has 1 unspecified atom stereocenters. The van der Waals surface area contributed by atoms with Gasteiger partial charge < -0.3 is 10.3 Å². The van der Waals surface area contributed by atoms with Crippen LogP contribution in [0.3, 0.4) is 0 Å². The van der Waals surface area contributed by atoms with Gasteiger partial charge in [0.15, 0.2) is 0 Å². The first-order valence-corrected chi connectivity index (χ1v) is 5.87. The number of aromatic nitrogens is 3. The van der Waals surface area contributed by atoms with Gasteiger partial charge in [-0.1, -0.05) is 0 Å². The Labute approximate surface area is 94.5 Å². The van der Waals surface area contributed by atoms with Gasteiger partial charge in [0, 0.05) is 12.7 Å². The lowest BCUT2D eigenvalue weighted by molar-refractivity contribution is 0.557. The van der Waals surface area contributed by atoms with E-state index in [0.29, 0.717) is 5.92 Å². The first kappa shape index (κ1) is 9.78. The second-order valence-corrected chi connectivity index (χ2v) is 4.44. The minimum absolute atomic E-state index is 0.0901. The molecule has 1 aliphatic carbocycles. The van der Waals surface area contributed by atoms with Crippen LogP contribution in [0, 0.1) is 5.92 Å². The molecule has 1 aliphatic rings. The summed E-state index contributed by atoms with van der Waals surface area (Å²) in [4.78, 5) is 8.72. The van der Waals surface area contributed by atoms with Crippen LogP contribution < -0.4 is 5.73 Å². The van der Waals surface area contributed by atoms with Gasteiger partial charge in [-0.15, -0.1) is 0 Å².